The Kier molecular flexibility index (Phi) is 6.43. The summed E-state index contributed by atoms with van der Waals surface area (Å²) in [5.41, 5.74) is 1.06. The molecule has 0 bridgehead atoms. The molecule has 0 aliphatic heterocycles. The van der Waals surface area contributed by atoms with Gasteiger partial charge in [-0.15, -0.1) is 5.10 Å². The molecule has 1 aliphatic carbocycles. The van der Waals surface area contributed by atoms with Crippen LogP contribution in [0.25, 0.3) is 0 Å². The normalized spacial score (nSPS) is 23.8. The highest BCUT2D eigenvalue weighted by Gasteiger charge is 2.28. The average Bonchev–Trinajstić information content (AvgIpc) is 2.56. The lowest BCUT2D eigenvalue weighted by molar-refractivity contribution is 0.215. The highest BCUT2D eigenvalue weighted by molar-refractivity contribution is 5.15. The third-order valence-corrected chi connectivity index (χ3v) is 4.74. The van der Waals surface area contributed by atoms with E-state index >= 15 is 0 Å². The van der Waals surface area contributed by atoms with Crippen LogP contribution in [-0.4, -0.2) is 23.9 Å². The summed E-state index contributed by atoms with van der Waals surface area (Å²) in [6, 6.07) is 4.31. The monoisotopic (exact) mass is 291 g/mol. The van der Waals surface area contributed by atoms with Gasteiger partial charge in [0.2, 0.25) is 5.88 Å². The summed E-state index contributed by atoms with van der Waals surface area (Å²) in [5.74, 6) is 2.19. The molecular formula is C17H29N3O. The molecule has 2 rings (SSSR count). The van der Waals surface area contributed by atoms with Gasteiger partial charge in [-0.1, -0.05) is 33.1 Å². The summed E-state index contributed by atoms with van der Waals surface area (Å²) in [4.78, 5) is 0. The van der Waals surface area contributed by atoms with E-state index in [-0.39, 0.29) is 0 Å². The zero-order valence-electron chi connectivity index (χ0n) is 13.6. The van der Waals surface area contributed by atoms with Crippen molar-refractivity contribution in [1.29, 1.82) is 0 Å². The van der Waals surface area contributed by atoms with Gasteiger partial charge in [-0.2, -0.15) is 5.10 Å². The Labute approximate surface area is 128 Å². The zero-order valence-corrected chi connectivity index (χ0v) is 13.6. The van der Waals surface area contributed by atoms with E-state index in [4.69, 9.17) is 4.74 Å². The van der Waals surface area contributed by atoms with E-state index in [9.17, 15) is 0 Å². The first-order chi connectivity index (χ1) is 10.3. The van der Waals surface area contributed by atoms with Crippen LogP contribution in [0, 0.1) is 11.8 Å². The second-order valence-corrected chi connectivity index (χ2v) is 6.12. The maximum atomic E-state index is 5.11. The number of methoxy groups -OCH3 is 1. The number of ether oxygens (including phenoxy) is 1. The molecule has 1 atom stereocenters. The average molecular weight is 291 g/mol. The largest absolute Gasteiger partial charge is 0.480 e. The van der Waals surface area contributed by atoms with Gasteiger partial charge >= 0.3 is 0 Å². The number of aromatic nitrogens is 2. The molecule has 1 aromatic rings. The Bertz CT molecular complexity index is 399. The molecular weight excluding hydrogens is 262 g/mol. The number of hydrogen-bond donors (Lipinski definition) is 1. The molecule has 1 saturated carbocycles. The van der Waals surface area contributed by atoms with E-state index < -0.39 is 0 Å². The molecule has 0 amide bonds. The maximum Gasteiger partial charge on any atom is 0.233 e. The summed E-state index contributed by atoms with van der Waals surface area (Å²) >= 11 is 0. The SMILES string of the molecule is CCCNC(c1ccc(OC)nn1)C1CCC(CC)CC1. The Morgan fingerprint density at radius 2 is 1.95 bits per heavy atom. The van der Waals surface area contributed by atoms with Crippen molar-refractivity contribution in [3.8, 4) is 5.88 Å². The van der Waals surface area contributed by atoms with Crippen LogP contribution in [0.2, 0.25) is 0 Å². The topological polar surface area (TPSA) is 47.0 Å². The minimum atomic E-state index is 0.334. The van der Waals surface area contributed by atoms with Gasteiger partial charge in [0.25, 0.3) is 0 Å². The van der Waals surface area contributed by atoms with E-state index in [0.29, 0.717) is 17.8 Å². The highest BCUT2D eigenvalue weighted by atomic mass is 16.5. The predicted octanol–water partition coefficient (Wildman–Crippen LogP) is 3.74. The van der Waals surface area contributed by atoms with Crippen LogP contribution in [0.4, 0.5) is 0 Å². The van der Waals surface area contributed by atoms with Crippen LogP contribution < -0.4 is 10.1 Å². The van der Waals surface area contributed by atoms with Crippen molar-refractivity contribution in [2.24, 2.45) is 11.8 Å². The number of hydrogen-bond acceptors (Lipinski definition) is 4. The van der Waals surface area contributed by atoms with Crippen LogP contribution in [0.1, 0.15) is 64.1 Å². The lowest BCUT2D eigenvalue weighted by atomic mass is 9.77. The first-order valence-corrected chi connectivity index (χ1v) is 8.39. The summed E-state index contributed by atoms with van der Waals surface area (Å²) < 4.78 is 5.11. The molecule has 21 heavy (non-hydrogen) atoms. The van der Waals surface area contributed by atoms with Crippen molar-refractivity contribution in [2.45, 2.75) is 58.4 Å². The Hall–Kier alpha value is -1.16. The van der Waals surface area contributed by atoms with Gasteiger partial charge in [0, 0.05) is 6.07 Å². The highest BCUT2D eigenvalue weighted by Crippen LogP contribution is 2.37. The summed E-state index contributed by atoms with van der Waals surface area (Å²) in [5, 5.41) is 12.2. The van der Waals surface area contributed by atoms with Crippen LogP contribution in [0.3, 0.4) is 0 Å². The molecule has 0 radical (unpaired) electrons. The molecule has 0 spiro atoms. The van der Waals surface area contributed by atoms with Gasteiger partial charge < -0.3 is 10.1 Å². The molecule has 0 aromatic carbocycles. The van der Waals surface area contributed by atoms with Gasteiger partial charge in [0.1, 0.15) is 0 Å². The maximum absolute atomic E-state index is 5.11. The van der Waals surface area contributed by atoms with Crippen LogP contribution in [-0.2, 0) is 0 Å². The van der Waals surface area contributed by atoms with Crippen LogP contribution in [0.15, 0.2) is 12.1 Å². The quantitative estimate of drug-likeness (QED) is 0.831. The summed E-state index contributed by atoms with van der Waals surface area (Å²) in [6.45, 7) is 5.55. The smallest absolute Gasteiger partial charge is 0.233 e. The Morgan fingerprint density at radius 1 is 1.19 bits per heavy atom. The molecule has 1 unspecified atom stereocenters. The fourth-order valence-electron chi connectivity index (χ4n) is 3.35. The van der Waals surface area contributed by atoms with Crippen molar-refractivity contribution < 1.29 is 4.74 Å². The van der Waals surface area contributed by atoms with Crippen molar-refractivity contribution in [2.75, 3.05) is 13.7 Å². The Morgan fingerprint density at radius 3 is 2.48 bits per heavy atom. The standard InChI is InChI=1S/C17H29N3O/c1-4-12-18-17(14-8-6-13(5-2)7-9-14)15-10-11-16(21-3)20-19-15/h10-11,13-14,17-18H,4-9,12H2,1-3H3. The van der Waals surface area contributed by atoms with Crippen LogP contribution >= 0.6 is 0 Å². The van der Waals surface area contributed by atoms with Crippen molar-refractivity contribution in [1.82, 2.24) is 15.5 Å². The Balaban J connectivity index is 2.06. The fraction of sp³-hybridized carbons (Fsp3) is 0.765. The van der Waals surface area contributed by atoms with E-state index in [1.54, 1.807) is 7.11 Å². The van der Waals surface area contributed by atoms with Gasteiger partial charge in [-0.3, -0.25) is 0 Å². The lowest BCUT2D eigenvalue weighted by Gasteiger charge is -2.33. The molecule has 0 saturated heterocycles. The molecule has 4 heteroatoms. The zero-order chi connectivity index (χ0) is 15.1. The van der Waals surface area contributed by atoms with E-state index in [2.05, 4.69) is 35.4 Å². The van der Waals surface area contributed by atoms with E-state index in [1.807, 2.05) is 6.07 Å². The second-order valence-electron chi connectivity index (χ2n) is 6.12. The molecule has 1 heterocycles. The van der Waals surface area contributed by atoms with E-state index in [0.717, 1.165) is 24.6 Å². The molecule has 1 fully saturated rings. The third kappa shape index (κ3) is 4.40. The molecule has 4 nitrogen and oxygen atoms in total. The lowest BCUT2D eigenvalue weighted by Crippen LogP contribution is -2.32. The van der Waals surface area contributed by atoms with Gasteiger partial charge in [0.05, 0.1) is 18.8 Å². The minimum Gasteiger partial charge on any atom is -0.480 e. The molecule has 1 aromatic heterocycles. The first kappa shape index (κ1) is 16.2. The molecule has 118 valence electrons. The van der Waals surface area contributed by atoms with Crippen molar-refractivity contribution in [3.63, 3.8) is 0 Å². The van der Waals surface area contributed by atoms with Gasteiger partial charge in [-0.05, 0) is 43.7 Å². The van der Waals surface area contributed by atoms with E-state index in [1.165, 1.54) is 32.1 Å². The summed E-state index contributed by atoms with van der Waals surface area (Å²) in [6.07, 6.45) is 7.78. The second kappa shape index (κ2) is 8.32. The molecule has 1 N–H and O–H groups in total. The van der Waals surface area contributed by atoms with Crippen LogP contribution in [0.5, 0.6) is 5.88 Å². The number of nitrogens with zero attached hydrogens (tertiary/aromatic N) is 2. The van der Waals surface area contributed by atoms with Gasteiger partial charge in [-0.25, -0.2) is 0 Å². The predicted molar refractivity (Wildman–Crippen MR) is 85.4 cm³/mol. The minimum absolute atomic E-state index is 0.334. The number of rotatable bonds is 7. The van der Waals surface area contributed by atoms with Crippen molar-refractivity contribution >= 4 is 0 Å². The van der Waals surface area contributed by atoms with Gasteiger partial charge in [0.15, 0.2) is 0 Å². The fourth-order valence-corrected chi connectivity index (χ4v) is 3.35. The third-order valence-electron chi connectivity index (χ3n) is 4.74. The number of nitrogens with one attached hydrogen (secondary N) is 1. The first-order valence-electron chi connectivity index (χ1n) is 8.39. The molecule has 1 aliphatic rings. The summed E-state index contributed by atoms with van der Waals surface area (Å²) in [7, 11) is 1.63. The van der Waals surface area contributed by atoms with Crippen molar-refractivity contribution in [3.05, 3.63) is 17.8 Å².